The van der Waals surface area contributed by atoms with E-state index in [1.54, 1.807) is 6.08 Å². The Morgan fingerprint density at radius 2 is 2.00 bits per heavy atom. The molecule has 0 aromatic heterocycles. The van der Waals surface area contributed by atoms with E-state index < -0.39 is 0 Å². The van der Waals surface area contributed by atoms with Crippen LogP contribution in [0.4, 0.5) is 0 Å². The van der Waals surface area contributed by atoms with Gasteiger partial charge < -0.3 is 10.0 Å². The molecule has 0 fully saturated rings. The Hall–Kier alpha value is -0.340. The number of aliphatic hydroxyl groups is 1. The molecule has 0 unspecified atom stereocenters. The first-order chi connectivity index (χ1) is 4.27. The van der Waals surface area contributed by atoms with Gasteiger partial charge in [-0.3, -0.25) is 0 Å². The zero-order chi connectivity index (χ0) is 7.11. The summed E-state index contributed by atoms with van der Waals surface area (Å²) in [4.78, 5) is 2.11. The van der Waals surface area contributed by atoms with Crippen molar-refractivity contribution in [1.82, 2.24) is 4.90 Å². The second-order valence-corrected chi connectivity index (χ2v) is 2.25. The molecular formula is C7H15NO. The van der Waals surface area contributed by atoms with Gasteiger partial charge in [0.05, 0.1) is 6.61 Å². The summed E-state index contributed by atoms with van der Waals surface area (Å²) in [5, 5.41) is 8.33. The molecule has 0 aliphatic rings. The van der Waals surface area contributed by atoms with Gasteiger partial charge in [0.25, 0.3) is 0 Å². The van der Waals surface area contributed by atoms with Crippen molar-refractivity contribution in [2.24, 2.45) is 0 Å². The predicted molar refractivity (Wildman–Crippen MR) is 39.4 cm³/mol. The van der Waals surface area contributed by atoms with E-state index in [0.29, 0.717) is 0 Å². The van der Waals surface area contributed by atoms with E-state index in [1.807, 2.05) is 20.2 Å². The predicted octanol–water partition coefficient (Wildman–Crippen LogP) is 0.487. The monoisotopic (exact) mass is 129 g/mol. The molecule has 0 aliphatic carbocycles. The Labute approximate surface area is 56.8 Å². The highest BCUT2D eigenvalue weighted by molar-refractivity contribution is 4.80. The highest BCUT2D eigenvalue weighted by Gasteiger charge is 1.83. The lowest BCUT2D eigenvalue weighted by Crippen LogP contribution is -2.11. The highest BCUT2D eigenvalue weighted by atomic mass is 16.2. The maximum atomic E-state index is 8.33. The maximum absolute atomic E-state index is 8.33. The molecule has 0 spiro atoms. The normalized spacial score (nSPS) is 11.6. The van der Waals surface area contributed by atoms with Crippen molar-refractivity contribution in [2.45, 2.75) is 6.42 Å². The molecule has 2 heteroatoms. The first-order valence-electron chi connectivity index (χ1n) is 3.18. The standard InChI is InChI=1S/C7H15NO/c1-8(2)6-4-3-5-7-9/h3,5,9H,4,6-7H2,1-2H3/b5-3+. The first-order valence-corrected chi connectivity index (χ1v) is 3.18. The van der Waals surface area contributed by atoms with Crippen molar-refractivity contribution in [1.29, 1.82) is 0 Å². The Morgan fingerprint density at radius 3 is 2.44 bits per heavy atom. The summed E-state index contributed by atoms with van der Waals surface area (Å²) in [5.74, 6) is 0. The van der Waals surface area contributed by atoms with Gasteiger partial charge in [0, 0.05) is 6.54 Å². The lowest BCUT2D eigenvalue weighted by atomic mass is 10.3. The summed E-state index contributed by atoms with van der Waals surface area (Å²) in [7, 11) is 4.07. The number of hydrogen-bond donors (Lipinski definition) is 1. The molecule has 0 amide bonds. The molecule has 9 heavy (non-hydrogen) atoms. The van der Waals surface area contributed by atoms with Crippen molar-refractivity contribution in [2.75, 3.05) is 27.2 Å². The Kier molecular flexibility index (Phi) is 5.57. The van der Waals surface area contributed by atoms with Crippen LogP contribution in [0.2, 0.25) is 0 Å². The van der Waals surface area contributed by atoms with Gasteiger partial charge in [0.15, 0.2) is 0 Å². The van der Waals surface area contributed by atoms with Gasteiger partial charge in [-0.1, -0.05) is 12.2 Å². The molecule has 0 heterocycles. The minimum atomic E-state index is 0.160. The van der Waals surface area contributed by atoms with E-state index in [1.165, 1.54) is 0 Å². The van der Waals surface area contributed by atoms with Crippen molar-refractivity contribution < 1.29 is 5.11 Å². The van der Waals surface area contributed by atoms with Gasteiger partial charge >= 0.3 is 0 Å². The Bertz CT molecular complexity index is 79.0. The maximum Gasteiger partial charge on any atom is 0.0612 e. The van der Waals surface area contributed by atoms with Crippen molar-refractivity contribution >= 4 is 0 Å². The third-order valence-electron chi connectivity index (χ3n) is 1.02. The number of hydrogen-bond acceptors (Lipinski definition) is 2. The Morgan fingerprint density at radius 1 is 1.33 bits per heavy atom. The zero-order valence-electron chi connectivity index (χ0n) is 6.17. The molecule has 0 aromatic carbocycles. The van der Waals surface area contributed by atoms with Crippen LogP contribution in [-0.2, 0) is 0 Å². The fourth-order valence-corrected chi connectivity index (χ4v) is 0.525. The highest BCUT2D eigenvalue weighted by Crippen LogP contribution is 1.84. The molecule has 0 saturated carbocycles. The lowest BCUT2D eigenvalue weighted by molar-refractivity contribution is 0.342. The Balaban J connectivity index is 2.99. The van der Waals surface area contributed by atoms with E-state index >= 15 is 0 Å². The number of rotatable bonds is 4. The van der Waals surface area contributed by atoms with Gasteiger partial charge in [-0.15, -0.1) is 0 Å². The van der Waals surface area contributed by atoms with Crippen LogP contribution in [0.3, 0.4) is 0 Å². The minimum absolute atomic E-state index is 0.160. The largest absolute Gasteiger partial charge is 0.392 e. The zero-order valence-corrected chi connectivity index (χ0v) is 6.17. The quantitative estimate of drug-likeness (QED) is 0.558. The van der Waals surface area contributed by atoms with Gasteiger partial charge in [0.1, 0.15) is 0 Å². The van der Waals surface area contributed by atoms with E-state index in [-0.39, 0.29) is 6.61 Å². The molecule has 0 saturated heterocycles. The lowest BCUT2D eigenvalue weighted by Gasteiger charge is -2.05. The molecule has 1 N–H and O–H groups in total. The van der Waals surface area contributed by atoms with Crippen molar-refractivity contribution in [3.8, 4) is 0 Å². The molecule has 0 aromatic rings. The van der Waals surface area contributed by atoms with Crippen LogP contribution in [0.15, 0.2) is 12.2 Å². The summed E-state index contributed by atoms with van der Waals surface area (Å²) in [6.07, 6.45) is 4.77. The van der Waals surface area contributed by atoms with E-state index in [2.05, 4.69) is 4.90 Å². The molecular weight excluding hydrogens is 114 g/mol. The minimum Gasteiger partial charge on any atom is -0.392 e. The summed E-state index contributed by atoms with van der Waals surface area (Å²) in [5.41, 5.74) is 0. The van der Waals surface area contributed by atoms with Gasteiger partial charge in [-0.2, -0.15) is 0 Å². The first kappa shape index (κ1) is 8.66. The van der Waals surface area contributed by atoms with Crippen LogP contribution < -0.4 is 0 Å². The molecule has 0 radical (unpaired) electrons. The third-order valence-corrected chi connectivity index (χ3v) is 1.02. The SMILES string of the molecule is CN(C)CC/C=C/CO. The molecule has 0 bridgehead atoms. The van der Waals surface area contributed by atoms with E-state index in [9.17, 15) is 0 Å². The average molecular weight is 129 g/mol. The van der Waals surface area contributed by atoms with Crippen LogP contribution in [-0.4, -0.2) is 37.3 Å². The third kappa shape index (κ3) is 7.66. The molecule has 2 nitrogen and oxygen atoms in total. The van der Waals surface area contributed by atoms with Gasteiger partial charge in [-0.05, 0) is 20.5 Å². The summed E-state index contributed by atoms with van der Waals surface area (Å²) < 4.78 is 0. The summed E-state index contributed by atoms with van der Waals surface area (Å²) in [6, 6.07) is 0. The van der Waals surface area contributed by atoms with E-state index in [4.69, 9.17) is 5.11 Å². The average Bonchev–Trinajstić information content (AvgIpc) is 1.80. The molecule has 0 rings (SSSR count). The van der Waals surface area contributed by atoms with Crippen molar-refractivity contribution in [3.63, 3.8) is 0 Å². The van der Waals surface area contributed by atoms with Crippen LogP contribution >= 0.6 is 0 Å². The smallest absolute Gasteiger partial charge is 0.0612 e. The van der Waals surface area contributed by atoms with Crippen molar-refractivity contribution in [3.05, 3.63) is 12.2 Å². The van der Waals surface area contributed by atoms with Gasteiger partial charge in [0.2, 0.25) is 0 Å². The molecule has 0 aliphatic heterocycles. The van der Waals surface area contributed by atoms with Gasteiger partial charge in [-0.25, -0.2) is 0 Å². The van der Waals surface area contributed by atoms with Crippen LogP contribution in [0.25, 0.3) is 0 Å². The molecule has 54 valence electrons. The molecule has 0 atom stereocenters. The second kappa shape index (κ2) is 5.79. The van der Waals surface area contributed by atoms with Crippen LogP contribution in [0.1, 0.15) is 6.42 Å². The fraction of sp³-hybridized carbons (Fsp3) is 0.714. The van der Waals surface area contributed by atoms with E-state index in [0.717, 1.165) is 13.0 Å². The van der Waals surface area contributed by atoms with Crippen LogP contribution in [0.5, 0.6) is 0 Å². The second-order valence-electron chi connectivity index (χ2n) is 2.25. The number of nitrogens with zero attached hydrogens (tertiary/aromatic N) is 1. The van der Waals surface area contributed by atoms with Crippen LogP contribution in [0, 0.1) is 0 Å². The topological polar surface area (TPSA) is 23.5 Å². The fourth-order valence-electron chi connectivity index (χ4n) is 0.525. The summed E-state index contributed by atoms with van der Waals surface area (Å²) >= 11 is 0. The number of aliphatic hydroxyl groups excluding tert-OH is 1. The summed E-state index contributed by atoms with van der Waals surface area (Å²) in [6.45, 7) is 1.21.